The van der Waals surface area contributed by atoms with E-state index in [0.717, 1.165) is 18.7 Å². The van der Waals surface area contributed by atoms with Crippen LogP contribution in [0.3, 0.4) is 0 Å². The summed E-state index contributed by atoms with van der Waals surface area (Å²) >= 11 is 0. The summed E-state index contributed by atoms with van der Waals surface area (Å²) < 4.78 is 0. The molecule has 2 heteroatoms. The van der Waals surface area contributed by atoms with Crippen molar-refractivity contribution in [2.45, 2.75) is 13.3 Å². The second-order valence-electron chi connectivity index (χ2n) is 2.93. The van der Waals surface area contributed by atoms with Crippen LogP contribution in [-0.2, 0) is 6.42 Å². The third kappa shape index (κ3) is 0.862. The summed E-state index contributed by atoms with van der Waals surface area (Å²) in [7, 11) is 0. The standard InChI is InChI=1S/C9H11NO/c1-6-2-3-8(11)9-7(6)4-5-10-9/h2-3,10-11H,4-5H2,1H3. The lowest BCUT2D eigenvalue weighted by molar-refractivity contribution is 0.477. The lowest BCUT2D eigenvalue weighted by Gasteiger charge is -2.04. The van der Waals surface area contributed by atoms with Gasteiger partial charge in [-0.2, -0.15) is 0 Å². The molecule has 0 saturated heterocycles. The minimum Gasteiger partial charge on any atom is -0.506 e. The van der Waals surface area contributed by atoms with Gasteiger partial charge in [-0.15, -0.1) is 0 Å². The molecule has 0 amide bonds. The molecule has 2 N–H and O–H groups in total. The summed E-state index contributed by atoms with van der Waals surface area (Å²) in [6.07, 6.45) is 1.04. The number of fused-ring (bicyclic) bond motifs is 1. The molecular formula is C9H11NO. The Kier molecular flexibility index (Phi) is 1.28. The highest BCUT2D eigenvalue weighted by molar-refractivity contribution is 5.66. The maximum absolute atomic E-state index is 9.39. The van der Waals surface area contributed by atoms with Crippen LogP contribution in [0.25, 0.3) is 0 Å². The van der Waals surface area contributed by atoms with Crippen LogP contribution >= 0.6 is 0 Å². The van der Waals surface area contributed by atoms with Crippen molar-refractivity contribution in [1.82, 2.24) is 0 Å². The van der Waals surface area contributed by atoms with Crippen molar-refractivity contribution in [2.75, 3.05) is 11.9 Å². The Morgan fingerprint density at radius 1 is 1.45 bits per heavy atom. The normalized spacial score (nSPS) is 14.3. The van der Waals surface area contributed by atoms with Gasteiger partial charge in [-0.1, -0.05) is 6.07 Å². The highest BCUT2D eigenvalue weighted by Crippen LogP contribution is 2.33. The first-order valence-corrected chi connectivity index (χ1v) is 3.84. The number of hydrogen-bond donors (Lipinski definition) is 2. The smallest absolute Gasteiger partial charge is 0.138 e. The summed E-state index contributed by atoms with van der Waals surface area (Å²) in [5.74, 6) is 0.378. The van der Waals surface area contributed by atoms with Gasteiger partial charge in [0.2, 0.25) is 0 Å². The Bertz CT molecular complexity index is 265. The summed E-state index contributed by atoms with van der Waals surface area (Å²) in [5, 5.41) is 12.6. The van der Waals surface area contributed by atoms with Crippen LogP contribution < -0.4 is 5.32 Å². The zero-order valence-corrected chi connectivity index (χ0v) is 6.52. The van der Waals surface area contributed by atoms with Gasteiger partial charge in [-0.05, 0) is 30.5 Å². The third-order valence-corrected chi connectivity index (χ3v) is 2.20. The largest absolute Gasteiger partial charge is 0.506 e. The van der Waals surface area contributed by atoms with E-state index in [-0.39, 0.29) is 0 Å². The molecule has 0 fully saturated rings. The van der Waals surface area contributed by atoms with E-state index in [2.05, 4.69) is 12.2 Å². The van der Waals surface area contributed by atoms with Crippen LogP contribution in [-0.4, -0.2) is 11.7 Å². The lowest BCUT2D eigenvalue weighted by Crippen LogP contribution is -1.90. The van der Waals surface area contributed by atoms with E-state index in [1.54, 1.807) is 6.07 Å². The van der Waals surface area contributed by atoms with Gasteiger partial charge in [-0.3, -0.25) is 0 Å². The van der Waals surface area contributed by atoms with Crippen LogP contribution in [0.15, 0.2) is 12.1 Å². The number of rotatable bonds is 0. The molecule has 2 nitrogen and oxygen atoms in total. The van der Waals surface area contributed by atoms with Gasteiger partial charge in [0.15, 0.2) is 0 Å². The van der Waals surface area contributed by atoms with Gasteiger partial charge < -0.3 is 10.4 Å². The minimum absolute atomic E-state index is 0.378. The summed E-state index contributed by atoms with van der Waals surface area (Å²) in [6, 6.07) is 3.70. The first-order chi connectivity index (χ1) is 5.29. The van der Waals surface area contributed by atoms with Gasteiger partial charge in [0.1, 0.15) is 5.75 Å². The van der Waals surface area contributed by atoms with Crippen LogP contribution in [0.1, 0.15) is 11.1 Å². The molecule has 1 aliphatic rings. The minimum atomic E-state index is 0.378. The maximum atomic E-state index is 9.39. The topological polar surface area (TPSA) is 32.3 Å². The summed E-state index contributed by atoms with van der Waals surface area (Å²) in [5.41, 5.74) is 3.47. The fourth-order valence-electron chi connectivity index (χ4n) is 1.57. The number of benzene rings is 1. The highest BCUT2D eigenvalue weighted by atomic mass is 16.3. The number of phenols is 1. The molecule has 1 aromatic carbocycles. The predicted octanol–water partition coefficient (Wildman–Crippen LogP) is 1.67. The monoisotopic (exact) mass is 149 g/mol. The van der Waals surface area contributed by atoms with E-state index in [1.165, 1.54) is 11.1 Å². The number of nitrogens with one attached hydrogen (secondary N) is 1. The second kappa shape index (κ2) is 2.16. The van der Waals surface area contributed by atoms with Gasteiger partial charge in [0.25, 0.3) is 0 Å². The highest BCUT2D eigenvalue weighted by Gasteiger charge is 2.15. The van der Waals surface area contributed by atoms with E-state index in [9.17, 15) is 5.11 Å². The van der Waals surface area contributed by atoms with Gasteiger partial charge >= 0.3 is 0 Å². The Hall–Kier alpha value is -1.18. The molecule has 1 heterocycles. The molecule has 0 saturated carbocycles. The van der Waals surface area contributed by atoms with Crippen molar-refractivity contribution in [1.29, 1.82) is 0 Å². The average Bonchev–Trinajstić information content (AvgIpc) is 2.45. The van der Waals surface area contributed by atoms with Crippen LogP contribution in [0.2, 0.25) is 0 Å². The zero-order valence-electron chi connectivity index (χ0n) is 6.52. The Balaban J connectivity index is 2.64. The van der Waals surface area contributed by atoms with E-state index in [1.807, 2.05) is 6.07 Å². The molecule has 0 bridgehead atoms. The molecule has 2 rings (SSSR count). The van der Waals surface area contributed by atoms with Crippen LogP contribution in [0.4, 0.5) is 5.69 Å². The Labute approximate surface area is 65.9 Å². The SMILES string of the molecule is Cc1ccc(O)c2c1CCN2. The van der Waals surface area contributed by atoms with Crippen LogP contribution in [0.5, 0.6) is 5.75 Å². The summed E-state index contributed by atoms with van der Waals surface area (Å²) in [6.45, 7) is 3.03. The predicted molar refractivity (Wildman–Crippen MR) is 45.0 cm³/mol. The van der Waals surface area contributed by atoms with Crippen molar-refractivity contribution in [3.8, 4) is 5.75 Å². The molecule has 0 unspecified atom stereocenters. The van der Waals surface area contributed by atoms with Crippen molar-refractivity contribution in [3.05, 3.63) is 23.3 Å². The lowest BCUT2D eigenvalue weighted by atomic mass is 10.1. The van der Waals surface area contributed by atoms with Gasteiger partial charge in [0.05, 0.1) is 5.69 Å². The molecule has 0 aromatic heterocycles. The zero-order chi connectivity index (χ0) is 7.84. The number of phenolic OH excluding ortho intramolecular Hbond substituents is 1. The number of aryl methyl sites for hydroxylation is 1. The molecule has 0 atom stereocenters. The fraction of sp³-hybridized carbons (Fsp3) is 0.333. The van der Waals surface area contributed by atoms with E-state index in [0.29, 0.717) is 5.75 Å². The Morgan fingerprint density at radius 3 is 3.00 bits per heavy atom. The molecule has 0 spiro atoms. The van der Waals surface area contributed by atoms with Crippen LogP contribution in [0, 0.1) is 6.92 Å². The van der Waals surface area contributed by atoms with E-state index in [4.69, 9.17) is 0 Å². The van der Waals surface area contributed by atoms with Crippen molar-refractivity contribution in [2.24, 2.45) is 0 Å². The third-order valence-electron chi connectivity index (χ3n) is 2.20. The number of anilines is 1. The maximum Gasteiger partial charge on any atom is 0.138 e. The molecule has 58 valence electrons. The number of hydrogen-bond acceptors (Lipinski definition) is 2. The first kappa shape index (κ1) is 6.53. The molecule has 0 radical (unpaired) electrons. The van der Waals surface area contributed by atoms with E-state index >= 15 is 0 Å². The molecule has 0 aliphatic carbocycles. The van der Waals surface area contributed by atoms with Crippen molar-refractivity contribution >= 4 is 5.69 Å². The first-order valence-electron chi connectivity index (χ1n) is 3.84. The fourth-order valence-corrected chi connectivity index (χ4v) is 1.57. The molecule has 1 aromatic rings. The quantitative estimate of drug-likeness (QED) is 0.550. The molecule has 1 aliphatic heterocycles. The number of aromatic hydroxyl groups is 1. The summed E-state index contributed by atoms with van der Waals surface area (Å²) in [4.78, 5) is 0. The average molecular weight is 149 g/mol. The van der Waals surface area contributed by atoms with E-state index < -0.39 is 0 Å². The Morgan fingerprint density at radius 2 is 2.27 bits per heavy atom. The van der Waals surface area contributed by atoms with Crippen molar-refractivity contribution in [3.63, 3.8) is 0 Å². The molecular weight excluding hydrogens is 138 g/mol. The van der Waals surface area contributed by atoms with Gasteiger partial charge in [0, 0.05) is 6.54 Å². The van der Waals surface area contributed by atoms with Crippen molar-refractivity contribution < 1.29 is 5.11 Å². The molecule has 11 heavy (non-hydrogen) atoms. The van der Waals surface area contributed by atoms with Gasteiger partial charge in [-0.25, -0.2) is 0 Å². The second-order valence-corrected chi connectivity index (χ2v) is 2.93.